The van der Waals surface area contributed by atoms with Crippen LogP contribution in [0.2, 0.25) is 0 Å². The van der Waals surface area contributed by atoms with E-state index in [-0.39, 0.29) is 6.42 Å². The maximum Gasteiger partial charge on any atom is 0.310 e. The minimum atomic E-state index is -0.862. The summed E-state index contributed by atoms with van der Waals surface area (Å²) in [5.41, 5.74) is 2.95. The molecule has 0 aliphatic heterocycles. The largest absolute Gasteiger partial charge is 0.464 e. The number of halogens is 2. The van der Waals surface area contributed by atoms with Gasteiger partial charge in [-0.25, -0.2) is 8.78 Å². The van der Waals surface area contributed by atoms with Gasteiger partial charge in [0, 0.05) is 10.9 Å². The van der Waals surface area contributed by atoms with Crippen molar-refractivity contribution in [3.63, 3.8) is 0 Å². The van der Waals surface area contributed by atoms with E-state index < -0.39 is 35.6 Å². The number of hydrogen-bond donors (Lipinski definition) is 0. The second kappa shape index (κ2) is 7.07. The molecule has 0 fully saturated rings. The monoisotopic (exact) mass is 358 g/mol. The number of carbonyl (C=O) groups is 2. The summed E-state index contributed by atoms with van der Waals surface area (Å²) >= 11 is 0. The highest BCUT2D eigenvalue weighted by molar-refractivity contribution is 5.98. The van der Waals surface area contributed by atoms with Crippen LogP contribution < -0.4 is 0 Å². The Morgan fingerprint density at radius 2 is 1.88 bits per heavy atom. The summed E-state index contributed by atoms with van der Waals surface area (Å²) in [5, 5.41) is 0.799. The van der Waals surface area contributed by atoms with Crippen molar-refractivity contribution in [1.82, 2.24) is 0 Å². The molecule has 26 heavy (non-hydrogen) atoms. The molecule has 0 atom stereocenters. The van der Waals surface area contributed by atoms with Gasteiger partial charge in [-0.15, -0.1) is 0 Å². The summed E-state index contributed by atoms with van der Waals surface area (Å²) < 4.78 is 37.1. The number of esters is 1. The van der Waals surface area contributed by atoms with Gasteiger partial charge >= 0.3 is 5.97 Å². The van der Waals surface area contributed by atoms with Crippen molar-refractivity contribution in [2.75, 3.05) is 6.61 Å². The van der Waals surface area contributed by atoms with Gasteiger partial charge < -0.3 is 9.15 Å². The molecule has 0 N–H and O–H groups in total. The molecular weight excluding hydrogens is 342 g/mol. The number of furan rings is 1. The van der Waals surface area contributed by atoms with Crippen molar-refractivity contribution >= 4 is 22.7 Å². The Bertz CT molecular complexity index is 1000. The number of fused-ring (bicyclic) bond motifs is 1. The Morgan fingerprint density at radius 3 is 2.65 bits per heavy atom. The number of benzene rings is 2. The number of aryl methyl sites for hydroxylation is 2. The van der Waals surface area contributed by atoms with Crippen molar-refractivity contribution in [3.05, 3.63) is 70.5 Å². The van der Waals surface area contributed by atoms with Crippen LogP contribution >= 0.6 is 0 Å². The second-order valence-corrected chi connectivity index (χ2v) is 6.03. The van der Waals surface area contributed by atoms with Gasteiger partial charge in [0.15, 0.2) is 6.61 Å². The number of ketones is 1. The molecule has 0 bridgehead atoms. The van der Waals surface area contributed by atoms with Gasteiger partial charge in [0.05, 0.1) is 18.2 Å². The van der Waals surface area contributed by atoms with Gasteiger partial charge in [0.25, 0.3) is 0 Å². The van der Waals surface area contributed by atoms with E-state index >= 15 is 0 Å². The van der Waals surface area contributed by atoms with Crippen LogP contribution in [0.1, 0.15) is 27.0 Å². The highest BCUT2D eigenvalue weighted by Crippen LogP contribution is 2.26. The summed E-state index contributed by atoms with van der Waals surface area (Å²) in [6.07, 6.45) is 1.39. The van der Waals surface area contributed by atoms with Crippen LogP contribution in [0.25, 0.3) is 11.0 Å². The first-order valence-corrected chi connectivity index (χ1v) is 7.97. The maximum absolute atomic E-state index is 13.6. The summed E-state index contributed by atoms with van der Waals surface area (Å²) in [7, 11) is 0. The molecule has 0 spiro atoms. The van der Waals surface area contributed by atoms with Crippen LogP contribution in [0.5, 0.6) is 0 Å². The van der Waals surface area contributed by atoms with Crippen LogP contribution in [0, 0.1) is 25.5 Å². The summed E-state index contributed by atoms with van der Waals surface area (Å²) in [5.74, 6) is -3.06. The van der Waals surface area contributed by atoms with Crippen LogP contribution in [0.4, 0.5) is 8.78 Å². The number of hydrogen-bond acceptors (Lipinski definition) is 4. The lowest BCUT2D eigenvalue weighted by Gasteiger charge is -2.05. The molecule has 1 heterocycles. The highest BCUT2D eigenvalue weighted by atomic mass is 19.1. The molecule has 6 heteroatoms. The lowest BCUT2D eigenvalue weighted by molar-refractivity contribution is -0.141. The average molecular weight is 358 g/mol. The predicted molar refractivity (Wildman–Crippen MR) is 91.0 cm³/mol. The second-order valence-electron chi connectivity index (χ2n) is 6.03. The van der Waals surface area contributed by atoms with Gasteiger partial charge in [-0.2, -0.15) is 0 Å². The van der Waals surface area contributed by atoms with E-state index in [2.05, 4.69) is 0 Å². The molecule has 0 amide bonds. The Balaban J connectivity index is 1.67. The molecule has 4 nitrogen and oxygen atoms in total. The van der Waals surface area contributed by atoms with E-state index in [1.807, 2.05) is 26.0 Å². The molecule has 134 valence electrons. The molecule has 0 unspecified atom stereocenters. The zero-order valence-corrected chi connectivity index (χ0v) is 14.3. The molecule has 0 radical (unpaired) electrons. The molecule has 3 rings (SSSR count). The number of rotatable bonds is 5. The van der Waals surface area contributed by atoms with Crippen molar-refractivity contribution in [1.29, 1.82) is 0 Å². The molecule has 2 aromatic carbocycles. The quantitative estimate of drug-likeness (QED) is 0.504. The SMILES string of the molecule is Cc1ccc2c(CC(=O)OCC(=O)c3cc(F)ccc3F)coc2c1C. The van der Waals surface area contributed by atoms with Gasteiger partial charge in [0.1, 0.15) is 17.2 Å². The smallest absolute Gasteiger partial charge is 0.310 e. The Morgan fingerprint density at radius 1 is 1.12 bits per heavy atom. The molecule has 3 aromatic rings. The lowest BCUT2D eigenvalue weighted by Crippen LogP contribution is -2.16. The maximum atomic E-state index is 13.6. The van der Waals surface area contributed by atoms with E-state index in [1.165, 1.54) is 6.26 Å². The third-order valence-electron chi connectivity index (χ3n) is 4.27. The molecule has 0 saturated carbocycles. The average Bonchev–Trinajstić information content (AvgIpc) is 3.01. The first kappa shape index (κ1) is 17.8. The van der Waals surface area contributed by atoms with Crippen LogP contribution in [-0.4, -0.2) is 18.4 Å². The van der Waals surface area contributed by atoms with E-state index in [1.54, 1.807) is 0 Å². The molecular formula is C20H16F2O4. The highest BCUT2D eigenvalue weighted by Gasteiger charge is 2.17. The Labute approximate surface area is 148 Å². The third-order valence-corrected chi connectivity index (χ3v) is 4.27. The fourth-order valence-corrected chi connectivity index (χ4v) is 2.67. The number of ether oxygens (including phenoxy) is 1. The standard InChI is InChI=1S/C20H16F2O4/c1-11-3-5-15-13(9-26-20(15)12(11)2)7-19(24)25-10-18(23)16-8-14(21)4-6-17(16)22/h3-6,8-9H,7,10H2,1-2H3. The summed E-state index contributed by atoms with van der Waals surface area (Å²) in [4.78, 5) is 23.9. The van der Waals surface area contributed by atoms with Crippen molar-refractivity contribution < 1.29 is 27.5 Å². The van der Waals surface area contributed by atoms with Crippen molar-refractivity contribution in [3.8, 4) is 0 Å². The first-order chi connectivity index (χ1) is 12.4. The summed E-state index contributed by atoms with van der Waals surface area (Å²) in [6.45, 7) is 3.23. The van der Waals surface area contributed by atoms with Crippen molar-refractivity contribution in [2.24, 2.45) is 0 Å². The van der Waals surface area contributed by atoms with Gasteiger partial charge in [0.2, 0.25) is 5.78 Å². The summed E-state index contributed by atoms with van der Waals surface area (Å²) in [6, 6.07) is 6.33. The van der Waals surface area contributed by atoms with Gasteiger partial charge in [-0.05, 0) is 43.2 Å². The van der Waals surface area contributed by atoms with Crippen LogP contribution in [0.15, 0.2) is 41.0 Å². The minimum absolute atomic E-state index is 0.0889. The lowest BCUT2D eigenvalue weighted by atomic mass is 10.0. The topological polar surface area (TPSA) is 56.5 Å². The normalized spacial score (nSPS) is 10.9. The van der Waals surface area contributed by atoms with Gasteiger partial charge in [-0.1, -0.05) is 12.1 Å². The van der Waals surface area contributed by atoms with Crippen LogP contribution in [0.3, 0.4) is 0 Å². The minimum Gasteiger partial charge on any atom is -0.464 e. The first-order valence-electron chi connectivity index (χ1n) is 7.97. The molecule has 0 saturated heterocycles. The Kier molecular flexibility index (Phi) is 4.84. The van der Waals surface area contributed by atoms with E-state index in [0.29, 0.717) is 11.1 Å². The zero-order valence-electron chi connectivity index (χ0n) is 14.3. The fourth-order valence-electron chi connectivity index (χ4n) is 2.67. The van der Waals surface area contributed by atoms with E-state index in [0.717, 1.165) is 34.7 Å². The zero-order chi connectivity index (χ0) is 18.8. The van der Waals surface area contributed by atoms with Crippen LogP contribution in [-0.2, 0) is 16.0 Å². The third kappa shape index (κ3) is 3.49. The number of carbonyl (C=O) groups excluding carboxylic acids is 2. The fraction of sp³-hybridized carbons (Fsp3) is 0.200. The Hall–Kier alpha value is -3.02. The van der Waals surface area contributed by atoms with Crippen molar-refractivity contribution in [2.45, 2.75) is 20.3 Å². The van der Waals surface area contributed by atoms with Gasteiger partial charge in [-0.3, -0.25) is 9.59 Å². The molecule has 0 aliphatic carbocycles. The predicted octanol–water partition coefficient (Wildman–Crippen LogP) is 4.30. The molecule has 1 aromatic heterocycles. The van der Waals surface area contributed by atoms with E-state index in [4.69, 9.17) is 9.15 Å². The van der Waals surface area contributed by atoms with E-state index in [9.17, 15) is 18.4 Å². The number of Topliss-reactive ketones (excluding diaryl/α,β-unsaturated/α-hetero) is 1. The molecule has 0 aliphatic rings.